The number of morpholine rings is 1. The molecule has 136 valence electrons. The molecule has 1 aliphatic heterocycles. The van der Waals surface area contributed by atoms with Gasteiger partial charge in [-0.25, -0.2) is 0 Å². The summed E-state index contributed by atoms with van der Waals surface area (Å²) >= 11 is 0. The summed E-state index contributed by atoms with van der Waals surface area (Å²) in [5.41, 5.74) is 2.03. The van der Waals surface area contributed by atoms with E-state index < -0.39 is 10.8 Å². The predicted octanol–water partition coefficient (Wildman–Crippen LogP) is 2.36. The summed E-state index contributed by atoms with van der Waals surface area (Å²) in [4.78, 5) is 25.3. The molecule has 0 spiro atoms. The maximum absolute atomic E-state index is 12.4. The van der Waals surface area contributed by atoms with E-state index in [0.717, 1.165) is 44.0 Å². The number of nitro groups is 1. The number of nitrogens with one attached hydrogen (secondary N) is 1. The number of ether oxygens (including phenoxy) is 1. The second-order valence-corrected chi connectivity index (χ2v) is 6.11. The molecule has 1 heterocycles. The number of benzene rings is 2. The van der Waals surface area contributed by atoms with Crippen LogP contribution in [-0.2, 0) is 17.8 Å². The van der Waals surface area contributed by atoms with Gasteiger partial charge in [0.05, 0.1) is 18.1 Å². The zero-order valence-corrected chi connectivity index (χ0v) is 14.4. The minimum absolute atomic E-state index is 0.0724. The topological polar surface area (TPSA) is 84.7 Å². The first-order valence-corrected chi connectivity index (χ1v) is 8.53. The van der Waals surface area contributed by atoms with E-state index in [1.165, 1.54) is 12.1 Å². The highest BCUT2D eigenvalue weighted by Crippen LogP contribution is 2.18. The highest BCUT2D eigenvalue weighted by atomic mass is 16.6. The molecule has 2 aromatic rings. The van der Waals surface area contributed by atoms with Crippen molar-refractivity contribution in [2.24, 2.45) is 0 Å². The van der Waals surface area contributed by atoms with E-state index in [0.29, 0.717) is 6.54 Å². The molecule has 0 radical (unpaired) electrons. The third kappa shape index (κ3) is 4.44. The fourth-order valence-electron chi connectivity index (χ4n) is 2.98. The maximum Gasteiger partial charge on any atom is 0.282 e. The normalized spacial score (nSPS) is 14.8. The molecule has 26 heavy (non-hydrogen) atoms. The van der Waals surface area contributed by atoms with E-state index in [2.05, 4.69) is 10.2 Å². The molecule has 7 nitrogen and oxygen atoms in total. The second kappa shape index (κ2) is 8.55. The Hall–Kier alpha value is -2.77. The van der Waals surface area contributed by atoms with Crippen LogP contribution >= 0.6 is 0 Å². The van der Waals surface area contributed by atoms with E-state index >= 15 is 0 Å². The lowest BCUT2D eigenvalue weighted by atomic mass is 10.1. The Kier molecular flexibility index (Phi) is 5.93. The zero-order valence-electron chi connectivity index (χ0n) is 14.4. The molecule has 0 atom stereocenters. The third-order valence-corrected chi connectivity index (χ3v) is 4.40. The lowest BCUT2D eigenvalue weighted by molar-refractivity contribution is -0.385. The molecule has 1 aliphatic rings. The molecular weight excluding hydrogens is 334 g/mol. The van der Waals surface area contributed by atoms with Crippen molar-refractivity contribution in [1.82, 2.24) is 10.2 Å². The molecule has 0 bridgehead atoms. The first-order valence-electron chi connectivity index (χ1n) is 8.53. The summed E-state index contributed by atoms with van der Waals surface area (Å²) in [5.74, 6) is -0.446. The monoisotopic (exact) mass is 355 g/mol. The molecular formula is C19H21N3O4. The van der Waals surface area contributed by atoms with E-state index in [1.54, 1.807) is 12.1 Å². The van der Waals surface area contributed by atoms with Gasteiger partial charge in [-0.05, 0) is 17.2 Å². The van der Waals surface area contributed by atoms with Crippen LogP contribution in [0.4, 0.5) is 5.69 Å². The third-order valence-electron chi connectivity index (χ3n) is 4.40. The Morgan fingerprint density at radius 2 is 1.73 bits per heavy atom. The Balaban J connectivity index is 1.68. The number of carbonyl (C=O) groups is 1. The number of rotatable bonds is 6. The summed E-state index contributed by atoms with van der Waals surface area (Å²) < 4.78 is 5.37. The number of carbonyl (C=O) groups excluding carboxylic acids is 1. The fraction of sp³-hybridized carbons (Fsp3) is 0.316. The van der Waals surface area contributed by atoms with E-state index in [-0.39, 0.29) is 11.3 Å². The minimum Gasteiger partial charge on any atom is -0.379 e. The van der Waals surface area contributed by atoms with Gasteiger partial charge in [-0.2, -0.15) is 0 Å². The van der Waals surface area contributed by atoms with Gasteiger partial charge < -0.3 is 10.1 Å². The van der Waals surface area contributed by atoms with Crippen LogP contribution in [0.3, 0.4) is 0 Å². The van der Waals surface area contributed by atoms with Crippen molar-refractivity contribution in [3.05, 3.63) is 75.3 Å². The van der Waals surface area contributed by atoms with Gasteiger partial charge >= 0.3 is 0 Å². The Bertz CT molecular complexity index is 788. The van der Waals surface area contributed by atoms with Crippen LogP contribution in [-0.4, -0.2) is 42.0 Å². The molecule has 2 aromatic carbocycles. The van der Waals surface area contributed by atoms with Crippen molar-refractivity contribution >= 4 is 11.6 Å². The standard InChI is InChI=1S/C19H21N3O4/c23-19(17-7-3-4-8-18(17)22(24)25)20-13-15-5-1-2-6-16(15)14-21-9-11-26-12-10-21/h1-8H,9-14H2,(H,20,23). The summed E-state index contributed by atoms with van der Waals surface area (Å²) in [5, 5.41) is 13.9. The number of nitro benzene ring substituents is 1. The summed E-state index contributed by atoms with van der Waals surface area (Å²) in [7, 11) is 0. The molecule has 0 aliphatic carbocycles. The minimum atomic E-state index is -0.540. The summed E-state index contributed by atoms with van der Waals surface area (Å²) in [6.45, 7) is 4.35. The van der Waals surface area contributed by atoms with Crippen molar-refractivity contribution in [2.45, 2.75) is 13.1 Å². The number of nitrogens with zero attached hydrogens (tertiary/aromatic N) is 2. The molecule has 1 amide bonds. The van der Waals surface area contributed by atoms with Gasteiger partial charge in [0.1, 0.15) is 5.56 Å². The average Bonchev–Trinajstić information content (AvgIpc) is 2.68. The first kappa shape index (κ1) is 18.0. The van der Waals surface area contributed by atoms with Gasteiger partial charge in [0.15, 0.2) is 0 Å². The summed E-state index contributed by atoms with van der Waals surface area (Å²) in [6, 6.07) is 13.9. The van der Waals surface area contributed by atoms with Crippen molar-refractivity contribution in [1.29, 1.82) is 0 Å². The number of amides is 1. The van der Waals surface area contributed by atoms with Gasteiger partial charge in [0.25, 0.3) is 11.6 Å². The molecule has 3 rings (SSSR count). The lowest BCUT2D eigenvalue weighted by Crippen LogP contribution is -2.36. The maximum atomic E-state index is 12.4. The van der Waals surface area contributed by atoms with Crippen molar-refractivity contribution < 1.29 is 14.5 Å². The van der Waals surface area contributed by atoms with Gasteiger partial charge in [-0.3, -0.25) is 19.8 Å². The Labute approximate surface area is 151 Å². The van der Waals surface area contributed by atoms with Crippen molar-refractivity contribution in [3.8, 4) is 0 Å². The van der Waals surface area contributed by atoms with E-state index in [1.807, 2.05) is 24.3 Å². The smallest absolute Gasteiger partial charge is 0.282 e. The van der Waals surface area contributed by atoms with Gasteiger partial charge in [-0.15, -0.1) is 0 Å². The van der Waals surface area contributed by atoms with Gasteiger partial charge in [0, 0.05) is 32.2 Å². The number of hydrogen-bond acceptors (Lipinski definition) is 5. The molecule has 1 saturated heterocycles. The van der Waals surface area contributed by atoms with Crippen LogP contribution < -0.4 is 5.32 Å². The van der Waals surface area contributed by atoms with Crippen LogP contribution in [0.25, 0.3) is 0 Å². The van der Waals surface area contributed by atoms with Crippen molar-refractivity contribution in [2.75, 3.05) is 26.3 Å². The molecule has 1 N–H and O–H groups in total. The molecule has 1 fully saturated rings. The van der Waals surface area contributed by atoms with Crippen molar-refractivity contribution in [3.63, 3.8) is 0 Å². The van der Waals surface area contributed by atoms with Gasteiger partial charge in [0.2, 0.25) is 0 Å². The number of para-hydroxylation sites is 1. The predicted molar refractivity (Wildman–Crippen MR) is 96.8 cm³/mol. The van der Waals surface area contributed by atoms with Crippen LogP contribution in [0, 0.1) is 10.1 Å². The fourth-order valence-corrected chi connectivity index (χ4v) is 2.98. The van der Waals surface area contributed by atoms with Crippen LogP contribution in [0.1, 0.15) is 21.5 Å². The van der Waals surface area contributed by atoms with Crippen LogP contribution in [0.15, 0.2) is 48.5 Å². The lowest BCUT2D eigenvalue weighted by Gasteiger charge is -2.27. The molecule has 0 aromatic heterocycles. The first-order chi connectivity index (χ1) is 12.6. The average molecular weight is 355 g/mol. The molecule has 0 saturated carbocycles. The van der Waals surface area contributed by atoms with E-state index in [4.69, 9.17) is 4.74 Å². The summed E-state index contributed by atoms with van der Waals surface area (Å²) in [6.07, 6.45) is 0. The Morgan fingerprint density at radius 1 is 1.08 bits per heavy atom. The highest BCUT2D eigenvalue weighted by molar-refractivity contribution is 5.98. The second-order valence-electron chi connectivity index (χ2n) is 6.11. The Morgan fingerprint density at radius 3 is 2.46 bits per heavy atom. The SMILES string of the molecule is O=C(NCc1ccccc1CN1CCOCC1)c1ccccc1[N+](=O)[O-]. The van der Waals surface area contributed by atoms with Crippen LogP contribution in [0.2, 0.25) is 0 Å². The largest absolute Gasteiger partial charge is 0.379 e. The van der Waals surface area contributed by atoms with Gasteiger partial charge in [-0.1, -0.05) is 36.4 Å². The number of hydrogen-bond donors (Lipinski definition) is 1. The molecule has 0 unspecified atom stereocenters. The highest BCUT2D eigenvalue weighted by Gasteiger charge is 2.19. The quantitative estimate of drug-likeness (QED) is 0.635. The van der Waals surface area contributed by atoms with E-state index in [9.17, 15) is 14.9 Å². The van der Waals surface area contributed by atoms with Crippen LogP contribution in [0.5, 0.6) is 0 Å². The zero-order chi connectivity index (χ0) is 18.4. The molecule has 7 heteroatoms.